The summed E-state index contributed by atoms with van der Waals surface area (Å²) in [5.41, 5.74) is 3.66. The molecule has 0 unspecified atom stereocenters. The summed E-state index contributed by atoms with van der Waals surface area (Å²) in [7, 11) is -1.81. The Bertz CT molecular complexity index is 999. The maximum absolute atomic E-state index is 12.7. The molecule has 162 valence electrons. The van der Waals surface area contributed by atoms with Crippen LogP contribution in [0.5, 0.6) is 5.75 Å². The third kappa shape index (κ3) is 5.12. The highest BCUT2D eigenvalue weighted by Gasteiger charge is 2.27. The first kappa shape index (κ1) is 22.1. The van der Waals surface area contributed by atoms with Crippen LogP contribution in [0.25, 0.3) is 0 Å². The number of benzene rings is 2. The van der Waals surface area contributed by atoms with Gasteiger partial charge in [0, 0.05) is 38.3 Å². The Morgan fingerprint density at radius 3 is 2.40 bits per heavy atom. The highest BCUT2D eigenvalue weighted by Crippen LogP contribution is 2.28. The number of carbonyl (C=O) groups excluding carboxylic acids is 1. The van der Waals surface area contributed by atoms with E-state index in [1.165, 1.54) is 4.31 Å². The zero-order valence-corrected chi connectivity index (χ0v) is 18.5. The van der Waals surface area contributed by atoms with E-state index in [4.69, 9.17) is 4.74 Å². The van der Waals surface area contributed by atoms with Gasteiger partial charge in [0.05, 0.1) is 18.6 Å². The average Bonchev–Trinajstić information content (AvgIpc) is 2.75. The van der Waals surface area contributed by atoms with E-state index in [2.05, 4.69) is 10.2 Å². The van der Waals surface area contributed by atoms with Crippen molar-refractivity contribution < 1.29 is 17.9 Å². The smallest absolute Gasteiger partial charge is 0.251 e. The van der Waals surface area contributed by atoms with Crippen molar-refractivity contribution in [2.45, 2.75) is 13.8 Å². The summed E-state index contributed by atoms with van der Waals surface area (Å²) in [4.78, 5) is 14.4. The Morgan fingerprint density at radius 2 is 1.73 bits per heavy atom. The number of sulfonamides is 1. The first-order valence-corrected chi connectivity index (χ1v) is 11.6. The van der Waals surface area contributed by atoms with Gasteiger partial charge in [-0.15, -0.1) is 0 Å². The van der Waals surface area contributed by atoms with E-state index in [1.54, 1.807) is 13.2 Å². The second-order valence-electron chi connectivity index (χ2n) is 7.43. The first-order valence-electron chi connectivity index (χ1n) is 10.0. The van der Waals surface area contributed by atoms with Gasteiger partial charge < -0.3 is 15.0 Å². The number of amides is 1. The van der Waals surface area contributed by atoms with Crippen molar-refractivity contribution in [3.05, 3.63) is 59.2 Å². The minimum absolute atomic E-state index is 0.0841. The molecule has 1 saturated heterocycles. The number of methoxy groups -OCH3 is 1. The maximum atomic E-state index is 12.7. The Morgan fingerprint density at radius 1 is 1.03 bits per heavy atom. The monoisotopic (exact) mass is 431 g/mol. The van der Waals surface area contributed by atoms with E-state index in [0.717, 1.165) is 22.6 Å². The van der Waals surface area contributed by atoms with E-state index in [1.807, 2.05) is 50.2 Å². The van der Waals surface area contributed by atoms with Gasteiger partial charge >= 0.3 is 0 Å². The first-order chi connectivity index (χ1) is 14.3. The number of para-hydroxylation sites is 2. The third-order valence-corrected chi connectivity index (χ3v) is 7.34. The molecule has 2 aromatic carbocycles. The van der Waals surface area contributed by atoms with Crippen molar-refractivity contribution in [2.24, 2.45) is 0 Å². The van der Waals surface area contributed by atoms with Crippen LogP contribution in [0, 0.1) is 13.8 Å². The SMILES string of the molecule is COc1ccccc1N1CCN(S(=O)(=O)CCNC(=O)c2ccc(C)c(C)c2)CC1. The Labute approximate surface area is 178 Å². The lowest BCUT2D eigenvalue weighted by Gasteiger charge is -2.36. The van der Waals surface area contributed by atoms with Crippen molar-refractivity contribution in [3.8, 4) is 5.75 Å². The lowest BCUT2D eigenvalue weighted by molar-refractivity contribution is 0.0956. The molecule has 1 aliphatic rings. The Kier molecular flexibility index (Phi) is 6.99. The Balaban J connectivity index is 1.52. The third-order valence-electron chi connectivity index (χ3n) is 5.47. The standard InChI is InChI=1S/C22H29N3O4S/c1-17-8-9-19(16-18(17)2)22(26)23-10-15-30(27,28)25-13-11-24(12-14-25)20-6-4-5-7-21(20)29-3/h4-9,16H,10-15H2,1-3H3,(H,23,26). The molecule has 0 atom stereocenters. The number of carbonyl (C=O) groups is 1. The van der Waals surface area contributed by atoms with Gasteiger partial charge in [0.25, 0.3) is 5.91 Å². The number of aryl methyl sites for hydroxylation is 2. The van der Waals surface area contributed by atoms with Gasteiger partial charge in [0.2, 0.25) is 10.0 Å². The molecule has 1 amide bonds. The van der Waals surface area contributed by atoms with Crippen molar-refractivity contribution in [1.29, 1.82) is 0 Å². The summed E-state index contributed by atoms with van der Waals surface area (Å²) in [5, 5.41) is 2.72. The summed E-state index contributed by atoms with van der Waals surface area (Å²) in [6.07, 6.45) is 0. The highest BCUT2D eigenvalue weighted by molar-refractivity contribution is 7.89. The van der Waals surface area contributed by atoms with E-state index in [0.29, 0.717) is 31.7 Å². The summed E-state index contributed by atoms with van der Waals surface area (Å²) in [6.45, 7) is 6.01. The number of nitrogens with zero attached hydrogens (tertiary/aromatic N) is 2. The number of anilines is 1. The quantitative estimate of drug-likeness (QED) is 0.727. The van der Waals surface area contributed by atoms with Crippen molar-refractivity contribution in [3.63, 3.8) is 0 Å². The molecule has 3 rings (SSSR count). The molecule has 0 aromatic heterocycles. The largest absolute Gasteiger partial charge is 0.495 e. The fourth-order valence-corrected chi connectivity index (χ4v) is 4.84. The molecular weight excluding hydrogens is 402 g/mol. The van der Waals surface area contributed by atoms with Gasteiger partial charge in [-0.2, -0.15) is 4.31 Å². The predicted octanol–water partition coefficient (Wildman–Crippen LogP) is 2.19. The average molecular weight is 432 g/mol. The van der Waals surface area contributed by atoms with Crippen LogP contribution in [0.4, 0.5) is 5.69 Å². The number of hydrogen-bond donors (Lipinski definition) is 1. The van der Waals surface area contributed by atoms with Gasteiger partial charge in [0.15, 0.2) is 0 Å². The number of rotatable bonds is 7. The van der Waals surface area contributed by atoms with Crippen LogP contribution in [0.1, 0.15) is 21.5 Å². The van der Waals surface area contributed by atoms with Crippen LogP contribution in [-0.4, -0.2) is 64.2 Å². The van der Waals surface area contributed by atoms with E-state index < -0.39 is 10.0 Å². The molecule has 1 fully saturated rings. The molecule has 0 saturated carbocycles. The molecule has 8 heteroatoms. The fraction of sp³-hybridized carbons (Fsp3) is 0.409. The molecule has 0 radical (unpaired) electrons. The minimum atomic E-state index is -3.44. The van der Waals surface area contributed by atoms with Gasteiger partial charge in [-0.3, -0.25) is 4.79 Å². The maximum Gasteiger partial charge on any atom is 0.251 e. The minimum Gasteiger partial charge on any atom is -0.495 e. The van der Waals surface area contributed by atoms with Crippen LogP contribution >= 0.6 is 0 Å². The van der Waals surface area contributed by atoms with Crippen molar-refractivity contribution in [1.82, 2.24) is 9.62 Å². The molecular formula is C22H29N3O4S. The molecule has 1 heterocycles. The second-order valence-corrected chi connectivity index (χ2v) is 9.52. The van der Waals surface area contributed by atoms with Crippen LogP contribution in [0.15, 0.2) is 42.5 Å². The molecule has 1 aliphatic heterocycles. The topological polar surface area (TPSA) is 79.0 Å². The predicted molar refractivity (Wildman–Crippen MR) is 119 cm³/mol. The zero-order chi connectivity index (χ0) is 21.7. The summed E-state index contributed by atoms with van der Waals surface area (Å²) >= 11 is 0. The van der Waals surface area contributed by atoms with Crippen molar-refractivity contribution >= 4 is 21.6 Å². The molecule has 0 spiro atoms. The number of hydrogen-bond acceptors (Lipinski definition) is 5. The van der Waals surface area contributed by atoms with E-state index in [-0.39, 0.29) is 18.2 Å². The Hall–Kier alpha value is -2.58. The number of ether oxygens (including phenoxy) is 1. The molecule has 0 bridgehead atoms. The van der Waals surface area contributed by atoms with Gasteiger partial charge in [0.1, 0.15) is 5.75 Å². The van der Waals surface area contributed by atoms with Gasteiger partial charge in [-0.05, 0) is 49.2 Å². The fourth-order valence-electron chi connectivity index (χ4n) is 3.51. The highest BCUT2D eigenvalue weighted by atomic mass is 32.2. The van der Waals surface area contributed by atoms with Crippen LogP contribution < -0.4 is 15.0 Å². The van der Waals surface area contributed by atoms with E-state index in [9.17, 15) is 13.2 Å². The lowest BCUT2D eigenvalue weighted by Crippen LogP contribution is -2.50. The van der Waals surface area contributed by atoms with Gasteiger partial charge in [-0.1, -0.05) is 18.2 Å². The zero-order valence-electron chi connectivity index (χ0n) is 17.7. The number of piperazine rings is 1. The normalized spacial score (nSPS) is 15.1. The molecule has 1 N–H and O–H groups in total. The van der Waals surface area contributed by atoms with Crippen molar-refractivity contribution in [2.75, 3.05) is 50.5 Å². The summed E-state index contributed by atoms with van der Waals surface area (Å²) in [6, 6.07) is 13.2. The molecule has 7 nitrogen and oxygen atoms in total. The summed E-state index contributed by atoms with van der Waals surface area (Å²) < 4.78 is 32.3. The molecule has 30 heavy (non-hydrogen) atoms. The lowest BCUT2D eigenvalue weighted by atomic mass is 10.1. The van der Waals surface area contributed by atoms with Gasteiger partial charge in [-0.25, -0.2) is 8.42 Å². The second kappa shape index (κ2) is 9.49. The van der Waals surface area contributed by atoms with Crippen LogP contribution in [-0.2, 0) is 10.0 Å². The van der Waals surface area contributed by atoms with Crippen LogP contribution in [0.3, 0.4) is 0 Å². The molecule has 0 aliphatic carbocycles. The summed E-state index contributed by atoms with van der Waals surface area (Å²) in [5.74, 6) is 0.412. The molecule has 2 aromatic rings. The van der Waals surface area contributed by atoms with E-state index >= 15 is 0 Å². The van der Waals surface area contributed by atoms with Crippen LogP contribution in [0.2, 0.25) is 0 Å². The number of nitrogens with one attached hydrogen (secondary N) is 1.